The lowest BCUT2D eigenvalue weighted by Crippen LogP contribution is -2.49. The fourth-order valence-corrected chi connectivity index (χ4v) is 3.74. The lowest BCUT2D eigenvalue weighted by atomic mass is 10.1. The predicted octanol–water partition coefficient (Wildman–Crippen LogP) is 1.80. The van der Waals surface area contributed by atoms with Gasteiger partial charge in [-0.05, 0) is 13.0 Å². The molecule has 128 valence electrons. The third kappa shape index (κ3) is 4.20. The van der Waals surface area contributed by atoms with E-state index in [1.165, 1.54) is 5.56 Å². The van der Waals surface area contributed by atoms with Gasteiger partial charge in [0.25, 0.3) is 0 Å². The first-order valence-corrected chi connectivity index (χ1v) is 9.16. The first-order chi connectivity index (χ1) is 11.7. The topological polar surface area (TPSA) is 56.7 Å². The quantitative estimate of drug-likeness (QED) is 0.898. The molecule has 1 aliphatic rings. The van der Waals surface area contributed by atoms with E-state index in [1.54, 1.807) is 11.3 Å². The van der Waals surface area contributed by atoms with Crippen LogP contribution in [0, 0.1) is 6.92 Å². The van der Waals surface area contributed by atoms with Crippen molar-refractivity contribution < 1.29 is 9.90 Å². The first-order valence-electron chi connectivity index (χ1n) is 8.28. The predicted molar refractivity (Wildman–Crippen MR) is 96.1 cm³/mol. The molecular formula is C18H23N3O2S. The minimum atomic E-state index is 0.139. The van der Waals surface area contributed by atoms with Crippen LogP contribution in [-0.2, 0) is 11.2 Å². The van der Waals surface area contributed by atoms with E-state index in [9.17, 15) is 4.79 Å². The molecule has 2 aromatic rings. The Morgan fingerprint density at radius 2 is 2.08 bits per heavy atom. The number of carbonyl (C=O) groups excluding carboxylic acids is 1. The van der Waals surface area contributed by atoms with Gasteiger partial charge in [0, 0.05) is 43.7 Å². The molecule has 0 bridgehead atoms. The van der Waals surface area contributed by atoms with E-state index >= 15 is 0 Å². The molecule has 5 nitrogen and oxygen atoms in total. The normalized spacial score (nSPS) is 15.7. The lowest BCUT2D eigenvalue weighted by molar-refractivity contribution is -0.132. The molecular weight excluding hydrogens is 322 g/mol. The minimum absolute atomic E-state index is 0.139. The summed E-state index contributed by atoms with van der Waals surface area (Å²) in [6, 6.07) is 8.27. The van der Waals surface area contributed by atoms with Crippen molar-refractivity contribution in [1.29, 1.82) is 0 Å². The summed E-state index contributed by atoms with van der Waals surface area (Å²) in [7, 11) is 0. The van der Waals surface area contributed by atoms with E-state index in [2.05, 4.69) is 35.0 Å². The van der Waals surface area contributed by atoms with E-state index in [4.69, 9.17) is 5.11 Å². The number of carbonyl (C=O) groups is 1. The summed E-state index contributed by atoms with van der Waals surface area (Å²) in [6.45, 7) is 6.05. The van der Waals surface area contributed by atoms with E-state index in [-0.39, 0.29) is 12.5 Å². The number of aliphatic hydroxyl groups is 1. The highest BCUT2D eigenvalue weighted by Gasteiger charge is 2.21. The summed E-state index contributed by atoms with van der Waals surface area (Å²) >= 11 is 1.59. The monoisotopic (exact) mass is 345 g/mol. The van der Waals surface area contributed by atoms with Gasteiger partial charge >= 0.3 is 0 Å². The Balaban J connectivity index is 1.58. The summed E-state index contributed by atoms with van der Waals surface area (Å²) in [4.78, 5) is 21.2. The van der Waals surface area contributed by atoms with Gasteiger partial charge in [-0.1, -0.05) is 23.8 Å². The van der Waals surface area contributed by atoms with Crippen LogP contribution in [0.2, 0.25) is 0 Å². The minimum Gasteiger partial charge on any atom is -0.395 e. The molecule has 24 heavy (non-hydrogen) atoms. The highest BCUT2D eigenvalue weighted by molar-refractivity contribution is 7.13. The van der Waals surface area contributed by atoms with Crippen LogP contribution in [-0.4, -0.2) is 65.1 Å². The zero-order chi connectivity index (χ0) is 16.9. The van der Waals surface area contributed by atoms with Crippen molar-refractivity contribution in [3.05, 3.63) is 40.9 Å². The van der Waals surface area contributed by atoms with Crippen molar-refractivity contribution in [3.8, 4) is 10.6 Å². The number of thiazole rings is 1. The molecule has 1 amide bonds. The SMILES string of the molecule is Cc1cccc(-c2nc(CC(=O)N3CCN(CCO)CC3)cs2)c1. The number of aliphatic hydroxyl groups excluding tert-OH is 1. The number of rotatable bonds is 5. The maximum absolute atomic E-state index is 12.5. The van der Waals surface area contributed by atoms with Crippen molar-refractivity contribution in [2.75, 3.05) is 39.3 Å². The van der Waals surface area contributed by atoms with Gasteiger partial charge in [0.1, 0.15) is 5.01 Å². The Morgan fingerprint density at radius 3 is 2.79 bits per heavy atom. The molecule has 0 unspecified atom stereocenters. The van der Waals surface area contributed by atoms with Gasteiger partial charge in [0.15, 0.2) is 0 Å². The van der Waals surface area contributed by atoms with Gasteiger partial charge < -0.3 is 10.0 Å². The Bertz CT molecular complexity index is 693. The number of aromatic nitrogens is 1. The third-order valence-corrected chi connectivity index (χ3v) is 5.23. The zero-order valence-corrected chi connectivity index (χ0v) is 14.8. The summed E-state index contributed by atoms with van der Waals surface area (Å²) in [5, 5.41) is 11.9. The van der Waals surface area contributed by atoms with Crippen molar-refractivity contribution in [2.45, 2.75) is 13.3 Å². The number of aryl methyl sites for hydroxylation is 1. The van der Waals surface area contributed by atoms with Crippen LogP contribution in [0.3, 0.4) is 0 Å². The summed E-state index contributed by atoms with van der Waals surface area (Å²) in [5.41, 5.74) is 3.16. The smallest absolute Gasteiger partial charge is 0.228 e. The van der Waals surface area contributed by atoms with Crippen molar-refractivity contribution in [1.82, 2.24) is 14.8 Å². The molecule has 1 saturated heterocycles. The number of hydrogen-bond donors (Lipinski definition) is 1. The molecule has 1 aromatic carbocycles. The van der Waals surface area contributed by atoms with Crippen LogP contribution >= 0.6 is 11.3 Å². The van der Waals surface area contributed by atoms with Crippen molar-refractivity contribution in [3.63, 3.8) is 0 Å². The van der Waals surface area contributed by atoms with E-state index in [0.29, 0.717) is 13.0 Å². The molecule has 0 radical (unpaired) electrons. The largest absolute Gasteiger partial charge is 0.395 e. The van der Waals surface area contributed by atoms with Crippen LogP contribution in [0.4, 0.5) is 0 Å². The van der Waals surface area contributed by atoms with Crippen LogP contribution in [0.15, 0.2) is 29.6 Å². The average Bonchev–Trinajstić information content (AvgIpc) is 3.04. The first kappa shape index (κ1) is 17.1. The summed E-state index contributed by atoms with van der Waals surface area (Å²) in [6.07, 6.45) is 0.363. The van der Waals surface area contributed by atoms with Gasteiger partial charge in [-0.3, -0.25) is 9.69 Å². The number of hydrogen-bond acceptors (Lipinski definition) is 5. The Morgan fingerprint density at radius 1 is 1.29 bits per heavy atom. The molecule has 3 rings (SSSR count). The Labute approximate surface area is 146 Å². The summed E-state index contributed by atoms with van der Waals surface area (Å²) in [5.74, 6) is 0.139. The molecule has 1 aliphatic heterocycles. The third-order valence-electron chi connectivity index (χ3n) is 4.29. The molecule has 0 atom stereocenters. The molecule has 0 aliphatic carbocycles. The van der Waals surface area contributed by atoms with E-state index < -0.39 is 0 Å². The second kappa shape index (κ2) is 7.88. The van der Waals surface area contributed by atoms with Gasteiger partial charge in [-0.2, -0.15) is 0 Å². The zero-order valence-electron chi connectivity index (χ0n) is 13.9. The highest BCUT2D eigenvalue weighted by atomic mass is 32.1. The standard InChI is InChI=1S/C18H23N3O2S/c1-14-3-2-4-15(11-14)18-19-16(13-24-18)12-17(23)21-7-5-20(6-8-21)9-10-22/h2-4,11,13,22H,5-10,12H2,1H3. The van der Waals surface area contributed by atoms with Gasteiger partial charge in [-0.25, -0.2) is 4.98 Å². The Hall–Kier alpha value is -1.76. The molecule has 0 spiro atoms. The fourth-order valence-electron chi connectivity index (χ4n) is 2.93. The fraction of sp³-hybridized carbons (Fsp3) is 0.444. The van der Waals surface area contributed by atoms with Gasteiger partial charge in [0.05, 0.1) is 18.7 Å². The van der Waals surface area contributed by atoms with E-state index in [0.717, 1.165) is 42.4 Å². The maximum atomic E-state index is 12.5. The van der Waals surface area contributed by atoms with Crippen LogP contribution in [0.1, 0.15) is 11.3 Å². The number of benzene rings is 1. The second-order valence-corrected chi connectivity index (χ2v) is 6.99. The molecule has 0 saturated carbocycles. The number of β-amino-alcohol motifs (C(OH)–C–C–N with tert-alkyl or cyclic N) is 1. The number of nitrogens with zero attached hydrogens (tertiary/aromatic N) is 3. The van der Waals surface area contributed by atoms with E-state index in [1.807, 2.05) is 16.3 Å². The number of piperazine rings is 1. The molecule has 1 aromatic heterocycles. The lowest BCUT2D eigenvalue weighted by Gasteiger charge is -2.34. The van der Waals surface area contributed by atoms with Crippen LogP contribution in [0.25, 0.3) is 10.6 Å². The van der Waals surface area contributed by atoms with Crippen LogP contribution < -0.4 is 0 Å². The van der Waals surface area contributed by atoms with Crippen molar-refractivity contribution in [2.24, 2.45) is 0 Å². The maximum Gasteiger partial charge on any atom is 0.228 e. The second-order valence-electron chi connectivity index (χ2n) is 6.14. The Kier molecular flexibility index (Phi) is 5.60. The average molecular weight is 345 g/mol. The van der Waals surface area contributed by atoms with Gasteiger partial charge in [-0.15, -0.1) is 11.3 Å². The molecule has 6 heteroatoms. The summed E-state index contributed by atoms with van der Waals surface area (Å²) < 4.78 is 0. The van der Waals surface area contributed by atoms with Crippen molar-refractivity contribution >= 4 is 17.2 Å². The molecule has 1 N–H and O–H groups in total. The molecule has 1 fully saturated rings. The van der Waals surface area contributed by atoms with Crippen LogP contribution in [0.5, 0.6) is 0 Å². The molecule has 2 heterocycles. The van der Waals surface area contributed by atoms with Gasteiger partial charge in [0.2, 0.25) is 5.91 Å². The number of amides is 1. The highest BCUT2D eigenvalue weighted by Crippen LogP contribution is 2.24.